The van der Waals surface area contributed by atoms with E-state index in [-0.39, 0.29) is 5.91 Å². The zero-order valence-corrected chi connectivity index (χ0v) is 15.8. The lowest BCUT2D eigenvalue weighted by molar-refractivity contribution is 0.0758. The predicted octanol–water partition coefficient (Wildman–Crippen LogP) is 2.83. The van der Waals surface area contributed by atoms with Crippen LogP contribution in [0.5, 0.6) is 0 Å². The first-order valence-corrected chi connectivity index (χ1v) is 9.65. The highest BCUT2D eigenvalue weighted by Crippen LogP contribution is 2.18. The number of carbonyl (C=O) groups excluding carboxylic acids is 1. The summed E-state index contributed by atoms with van der Waals surface area (Å²) in [5, 5.41) is 4.65. The van der Waals surface area contributed by atoms with Crippen LogP contribution in [0.15, 0.2) is 73.3 Å². The van der Waals surface area contributed by atoms with Gasteiger partial charge in [-0.1, -0.05) is 30.3 Å². The number of carbonyl (C=O) groups is 1. The van der Waals surface area contributed by atoms with E-state index in [1.165, 1.54) is 0 Å². The van der Waals surface area contributed by atoms with Crippen LogP contribution in [0.4, 0.5) is 0 Å². The van der Waals surface area contributed by atoms with Gasteiger partial charge in [-0.05, 0) is 24.3 Å². The van der Waals surface area contributed by atoms with Crippen LogP contribution in [-0.2, 0) is 13.0 Å². The fourth-order valence-electron chi connectivity index (χ4n) is 3.58. The van der Waals surface area contributed by atoms with E-state index in [9.17, 15) is 4.79 Å². The zero-order valence-electron chi connectivity index (χ0n) is 15.8. The second-order valence-electron chi connectivity index (χ2n) is 7.00. The number of rotatable bonds is 3. The van der Waals surface area contributed by atoms with Crippen molar-refractivity contribution in [2.24, 2.45) is 0 Å². The molecular formula is C22H20N6O. The molecule has 0 N–H and O–H groups in total. The largest absolute Gasteiger partial charge is 0.336 e. The first-order valence-electron chi connectivity index (χ1n) is 9.65. The summed E-state index contributed by atoms with van der Waals surface area (Å²) in [5.41, 5.74) is 2.68. The molecule has 0 fully saturated rings. The maximum Gasteiger partial charge on any atom is 0.253 e. The molecule has 0 spiro atoms. The summed E-state index contributed by atoms with van der Waals surface area (Å²) < 4.78 is 3.84. The quantitative estimate of drug-likeness (QED) is 0.545. The molecule has 2 aromatic carbocycles. The molecule has 29 heavy (non-hydrogen) atoms. The summed E-state index contributed by atoms with van der Waals surface area (Å²) in [7, 11) is 0. The molecular weight excluding hydrogens is 364 g/mol. The van der Waals surface area contributed by atoms with Crippen LogP contribution in [-0.4, -0.2) is 48.2 Å². The Bertz CT molecular complexity index is 1090. The summed E-state index contributed by atoms with van der Waals surface area (Å²) >= 11 is 0. The summed E-state index contributed by atoms with van der Waals surface area (Å²) in [6.07, 6.45) is 6.04. The van der Waals surface area contributed by atoms with Gasteiger partial charge in [-0.15, -0.1) is 0 Å². The molecule has 1 amide bonds. The first-order chi connectivity index (χ1) is 14.3. The molecule has 0 unspecified atom stereocenters. The fourth-order valence-corrected chi connectivity index (χ4v) is 3.58. The Hall–Kier alpha value is -3.74. The third-order valence-corrected chi connectivity index (χ3v) is 5.17. The minimum absolute atomic E-state index is 0.0382. The number of nitrogens with zero attached hydrogens (tertiary/aromatic N) is 6. The van der Waals surface area contributed by atoms with Gasteiger partial charge in [-0.2, -0.15) is 5.10 Å². The molecule has 1 aliphatic heterocycles. The van der Waals surface area contributed by atoms with Crippen molar-refractivity contribution in [2.45, 2.75) is 13.0 Å². The monoisotopic (exact) mass is 384 g/mol. The minimum atomic E-state index is 0.0382. The third kappa shape index (κ3) is 3.42. The van der Waals surface area contributed by atoms with E-state index in [1.54, 1.807) is 12.5 Å². The molecule has 0 atom stereocenters. The van der Waals surface area contributed by atoms with Gasteiger partial charge in [0.25, 0.3) is 5.91 Å². The van der Waals surface area contributed by atoms with Crippen LogP contribution in [0.25, 0.3) is 17.1 Å². The molecule has 1 aliphatic rings. The third-order valence-electron chi connectivity index (χ3n) is 5.17. The highest BCUT2D eigenvalue weighted by atomic mass is 16.2. The predicted molar refractivity (Wildman–Crippen MR) is 109 cm³/mol. The molecule has 0 radical (unpaired) electrons. The Morgan fingerprint density at radius 1 is 0.931 bits per heavy atom. The molecule has 5 rings (SSSR count). The van der Waals surface area contributed by atoms with E-state index >= 15 is 0 Å². The standard InChI is InChI=1S/C22H20N6O/c29-22(18-6-8-19(9-7-18)27-13-11-23-16-27)26-12-10-20-24-21(25-28(20)15-14-26)17-4-2-1-3-5-17/h1-9,11,13,16H,10,12,14-15H2. The van der Waals surface area contributed by atoms with Gasteiger partial charge in [0, 0.05) is 48.7 Å². The van der Waals surface area contributed by atoms with Crippen LogP contribution in [0.2, 0.25) is 0 Å². The Morgan fingerprint density at radius 2 is 1.76 bits per heavy atom. The van der Waals surface area contributed by atoms with Crippen LogP contribution < -0.4 is 0 Å². The molecule has 0 saturated carbocycles. The van der Waals surface area contributed by atoms with Crippen molar-refractivity contribution >= 4 is 5.91 Å². The SMILES string of the molecule is O=C(c1ccc(-n2ccnc2)cc1)N1CCc2nc(-c3ccccc3)nn2CC1. The van der Waals surface area contributed by atoms with E-state index in [0.29, 0.717) is 31.6 Å². The van der Waals surface area contributed by atoms with E-state index in [1.807, 2.05) is 74.9 Å². The van der Waals surface area contributed by atoms with Crippen LogP contribution in [0.3, 0.4) is 0 Å². The summed E-state index contributed by atoms with van der Waals surface area (Å²) in [6.45, 7) is 1.90. The number of amides is 1. The van der Waals surface area contributed by atoms with Crippen molar-refractivity contribution in [2.75, 3.05) is 13.1 Å². The minimum Gasteiger partial charge on any atom is -0.336 e. The molecule has 2 aromatic heterocycles. The zero-order chi connectivity index (χ0) is 19.6. The van der Waals surface area contributed by atoms with Crippen molar-refractivity contribution in [1.29, 1.82) is 0 Å². The summed E-state index contributed by atoms with van der Waals surface area (Å²) in [6, 6.07) is 17.6. The van der Waals surface area contributed by atoms with E-state index < -0.39 is 0 Å². The summed E-state index contributed by atoms with van der Waals surface area (Å²) in [4.78, 5) is 23.6. The fraction of sp³-hybridized carbons (Fsp3) is 0.182. The van der Waals surface area contributed by atoms with Crippen molar-refractivity contribution in [3.05, 3.63) is 84.7 Å². The van der Waals surface area contributed by atoms with E-state index in [4.69, 9.17) is 4.98 Å². The Kier molecular flexibility index (Phi) is 4.40. The van der Waals surface area contributed by atoms with Crippen LogP contribution >= 0.6 is 0 Å². The normalized spacial score (nSPS) is 13.7. The Labute approximate surface area is 168 Å². The molecule has 4 aromatic rings. The number of benzene rings is 2. The maximum atomic E-state index is 13.0. The molecule has 0 saturated heterocycles. The van der Waals surface area contributed by atoms with Crippen molar-refractivity contribution in [1.82, 2.24) is 29.2 Å². The Balaban J connectivity index is 1.29. The lowest BCUT2D eigenvalue weighted by Crippen LogP contribution is -2.33. The van der Waals surface area contributed by atoms with Gasteiger partial charge in [0.2, 0.25) is 0 Å². The molecule has 144 valence electrons. The highest BCUT2D eigenvalue weighted by molar-refractivity contribution is 5.94. The maximum absolute atomic E-state index is 13.0. The molecule has 3 heterocycles. The first kappa shape index (κ1) is 17.4. The van der Waals surface area contributed by atoms with E-state index in [0.717, 1.165) is 22.9 Å². The van der Waals surface area contributed by atoms with Crippen molar-refractivity contribution < 1.29 is 4.79 Å². The van der Waals surface area contributed by atoms with E-state index in [2.05, 4.69) is 10.1 Å². The smallest absolute Gasteiger partial charge is 0.253 e. The second-order valence-corrected chi connectivity index (χ2v) is 7.00. The number of fused-ring (bicyclic) bond motifs is 1. The number of hydrogen-bond acceptors (Lipinski definition) is 4. The second kappa shape index (κ2) is 7.35. The van der Waals surface area contributed by atoms with Gasteiger partial charge in [0.05, 0.1) is 12.9 Å². The van der Waals surface area contributed by atoms with Gasteiger partial charge >= 0.3 is 0 Å². The van der Waals surface area contributed by atoms with Gasteiger partial charge in [-0.3, -0.25) is 4.79 Å². The number of imidazole rings is 1. The topological polar surface area (TPSA) is 68.8 Å². The van der Waals surface area contributed by atoms with Gasteiger partial charge in [0.15, 0.2) is 5.82 Å². The van der Waals surface area contributed by atoms with Crippen molar-refractivity contribution in [3.8, 4) is 17.1 Å². The molecule has 7 nitrogen and oxygen atoms in total. The van der Waals surface area contributed by atoms with Crippen molar-refractivity contribution in [3.63, 3.8) is 0 Å². The summed E-state index contributed by atoms with van der Waals surface area (Å²) in [5.74, 6) is 1.71. The Morgan fingerprint density at radius 3 is 2.52 bits per heavy atom. The van der Waals surface area contributed by atoms with Crippen LogP contribution in [0, 0.1) is 0 Å². The molecule has 7 heteroatoms. The number of hydrogen-bond donors (Lipinski definition) is 0. The van der Waals surface area contributed by atoms with Gasteiger partial charge < -0.3 is 9.47 Å². The van der Waals surface area contributed by atoms with Gasteiger partial charge in [-0.25, -0.2) is 14.6 Å². The van der Waals surface area contributed by atoms with Gasteiger partial charge in [0.1, 0.15) is 5.82 Å². The van der Waals surface area contributed by atoms with Crippen LogP contribution in [0.1, 0.15) is 16.2 Å². The average molecular weight is 384 g/mol. The number of aromatic nitrogens is 5. The lowest BCUT2D eigenvalue weighted by Gasteiger charge is -2.20. The molecule has 0 aliphatic carbocycles. The molecule has 0 bridgehead atoms. The highest BCUT2D eigenvalue weighted by Gasteiger charge is 2.22. The average Bonchev–Trinajstić information content (AvgIpc) is 3.41. The lowest BCUT2D eigenvalue weighted by atomic mass is 10.1.